The summed E-state index contributed by atoms with van der Waals surface area (Å²) >= 11 is 1.44. The molecule has 0 bridgehead atoms. The summed E-state index contributed by atoms with van der Waals surface area (Å²) in [6.45, 7) is 2.37. The third-order valence-electron chi connectivity index (χ3n) is 2.56. The lowest BCUT2D eigenvalue weighted by atomic mass is 10.0. The van der Waals surface area contributed by atoms with Gasteiger partial charge in [-0.2, -0.15) is 0 Å². The molecular formula is C10H14N2O2S. The van der Waals surface area contributed by atoms with Gasteiger partial charge in [-0.1, -0.05) is 0 Å². The number of aromatic nitrogens is 1. The van der Waals surface area contributed by atoms with Crippen molar-refractivity contribution >= 4 is 17.2 Å². The first-order chi connectivity index (χ1) is 7.36. The van der Waals surface area contributed by atoms with E-state index in [0.29, 0.717) is 11.6 Å². The van der Waals surface area contributed by atoms with E-state index in [9.17, 15) is 4.79 Å². The summed E-state index contributed by atoms with van der Waals surface area (Å²) in [5.74, 6) is 0.490. The summed E-state index contributed by atoms with van der Waals surface area (Å²) in [6.07, 6.45) is 2.08. The molecule has 1 amide bonds. The zero-order valence-electron chi connectivity index (χ0n) is 8.44. The molecular weight excluding hydrogens is 212 g/mol. The second kappa shape index (κ2) is 5.23. The van der Waals surface area contributed by atoms with E-state index in [1.807, 2.05) is 0 Å². The van der Waals surface area contributed by atoms with Crippen LogP contribution in [-0.4, -0.2) is 30.6 Å². The van der Waals surface area contributed by atoms with Gasteiger partial charge in [0, 0.05) is 25.1 Å². The topological polar surface area (TPSA) is 51.2 Å². The number of nitrogens with one attached hydrogen (secondary N) is 1. The summed E-state index contributed by atoms with van der Waals surface area (Å²) in [6, 6.07) is 0. The highest BCUT2D eigenvalue weighted by atomic mass is 32.1. The third-order valence-corrected chi connectivity index (χ3v) is 3.14. The van der Waals surface area contributed by atoms with Gasteiger partial charge in [0.1, 0.15) is 5.69 Å². The molecule has 1 aromatic heterocycles. The fourth-order valence-electron chi connectivity index (χ4n) is 1.60. The Bertz CT molecular complexity index is 307. The molecule has 15 heavy (non-hydrogen) atoms. The van der Waals surface area contributed by atoms with Crippen molar-refractivity contribution < 1.29 is 9.53 Å². The van der Waals surface area contributed by atoms with Gasteiger partial charge in [0.05, 0.1) is 5.51 Å². The molecule has 0 aliphatic carbocycles. The van der Waals surface area contributed by atoms with Gasteiger partial charge in [0.25, 0.3) is 5.91 Å². The van der Waals surface area contributed by atoms with Crippen molar-refractivity contribution in [3.8, 4) is 0 Å². The van der Waals surface area contributed by atoms with Crippen molar-refractivity contribution in [3.63, 3.8) is 0 Å². The Balaban J connectivity index is 1.75. The van der Waals surface area contributed by atoms with Crippen LogP contribution in [0.15, 0.2) is 10.9 Å². The molecule has 1 saturated heterocycles. The Morgan fingerprint density at radius 1 is 1.60 bits per heavy atom. The molecule has 2 rings (SSSR count). The van der Waals surface area contributed by atoms with Gasteiger partial charge in [-0.3, -0.25) is 4.79 Å². The summed E-state index contributed by atoms with van der Waals surface area (Å²) in [5.41, 5.74) is 2.19. The van der Waals surface area contributed by atoms with Crippen LogP contribution in [0.5, 0.6) is 0 Å². The zero-order valence-corrected chi connectivity index (χ0v) is 9.26. The summed E-state index contributed by atoms with van der Waals surface area (Å²) in [7, 11) is 0. The molecule has 0 atom stereocenters. The highest BCUT2D eigenvalue weighted by molar-refractivity contribution is 7.07. The minimum atomic E-state index is -0.0669. The van der Waals surface area contributed by atoms with Crippen LogP contribution in [0.2, 0.25) is 0 Å². The molecule has 5 heteroatoms. The van der Waals surface area contributed by atoms with Crippen LogP contribution in [0.3, 0.4) is 0 Å². The van der Waals surface area contributed by atoms with Crippen LogP contribution < -0.4 is 5.32 Å². The normalized spacial score (nSPS) is 17.6. The van der Waals surface area contributed by atoms with E-state index in [1.54, 1.807) is 10.9 Å². The van der Waals surface area contributed by atoms with Crippen molar-refractivity contribution in [2.24, 2.45) is 5.92 Å². The van der Waals surface area contributed by atoms with Crippen LogP contribution in [0.1, 0.15) is 23.3 Å². The van der Waals surface area contributed by atoms with Crippen LogP contribution >= 0.6 is 11.3 Å². The fourth-order valence-corrected chi connectivity index (χ4v) is 2.13. The molecule has 4 nitrogen and oxygen atoms in total. The maximum absolute atomic E-state index is 11.6. The molecule has 1 aromatic rings. The average Bonchev–Trinajstić information content (AvgIpc) is 2.81. The number of rotatable bonds is 3. The van der Waals surface area contributed by atoms with Gasteiger partial charge < -0.3 is 10.1 Å². The Kier molecular flexibility index (Phi) is 3.69. The number of ether oxygens (including phenoxy) is 1. The Morgan fingerprint density at radius 3 is 3.07 bits per heavy atom. The number of amides is 1. The monoisotopic (exact) mass is 226 g/mol. The van der Waals surface area contributed by atoms with Crippen LogP contribution in [0.25, 0.3) is 0 Å². The van der Waals surface area contributed by atoms with E-state index in [1.165, 1.54) is 11.3 Å². The molecule has 0 unspecified atom stereocenters. The van der Waals surface area contributed by atoms with Crippen LogP contribution in [0, 0.1) is 5.92 Å². The van der Waals surface area contributed by atoms with Crippen LogP contribution in [-0.2, 0) is 4.74 Å². The van der Waals surface area contributed by atoms with Gasteiger partial charge in [0.2, 0.25) is 0 Å². The van der Waals surface area contributed by atoms with Gasteiger partial charge in [-0.15, -0.1) is 11.3 Å². The first-order valence-electron chi connectivity index (χ1n) is 5.10. The molecule has 0 aromatic carbocycles. The summed E-state index contributed by atoms with van der Waals surface area (Å²) in [4.78, 5) is 15.5. The first kappa shape index (κ1) is 10.6. The van der Waals surface area contributed by atoms with E-state index in [0.717, 1.165) is 32.6 Å². The lowest BCUT2D eigenvalue weighted by molar-refractivity contribution is 0.0642. The van der Waals surface area contributed by atoms with Crippen molar-refractivity contribution in [2.45, 2.75) is 12.8 Å². The highest BCUT2D eigenvalue weighted by Crippen LogP contribution is 2.13. The number of carbonyl (C=O) groups excluding carboxylic acids is 1. The lowest BCUT2D eigenvalue weighted by Crippen LogP contribution is -2.32. The van der Waals surface area contributed by atoms with Crippen LogP contribution in [0.4, 0.5) is 0 Å². The number of carbonyl (C=O) groups is 1. The second-order valence-electron chi connectivity index (χ2n) is 3.64. The lowest BCUT2D eigenvalue weighted by Gasteiger charge is -2.21. The largest absolute Gasteiger partial charge is 0.381 e. The highest BCUT2D eigenvalue weighted by Gasteiger charge is 2.15. The first-order valence-corrected chi connectivity index (χ1v) is 6.04. The molecule has 1 fully saturated rings. The predicted molar refractivity (Wildman–Crippen MR) is 58.0 cm³/mol. The minimum Gasteiger partial charge on any atom is -0.381 e. The number of thiazole rings is 1. The molecule has 1 aliphatic rings. The van der Waals surface area contributed by atoms with E-state index in [2.05, 4.69) is 10.3 Å². The smallest absolute Gasteiger partial charge is 0.270 e. The average molecular weight is 226 g/mol. The number of hydrogen-bond acceptors (Lipinski definition) is 4. The number of nitrogens with zero attached hydrogens (tertiary/aromatic N) is 1. The van der Waals surface area contributed by atoms with E-state index < -0.39 is 0 Å². The van der Waals surface area contributed by atoms with E-state index in [4.69, 9.17) is 4.74 Å². The minimum absolute atomic E-state index is 0.0669. The molecule has 0 spiro atoms. The van der Waals surface area contributed by atoms with Gasteiger partial charge in [-0.25, -0.2) is 4.98 Å². The van der Waals surface area contributed by atoms with Crippen molar-refractivity contribution in [1.29, 1.82) is 0 Å². The molecule has 1 aliphatic heterocycles. The Morgan fingerprint density at radius 2 is 2.40 bits per heavy atom. The quantitative estimate of drug-likeness (QED) is 0.845. The maximum atomic E-state index is 11.6. The molecule has 1 N–H and O–H groups in total. The summed E-state index contributed by atoms with van der Waals surface area (Å²) in [5, 5.41) is 4.67. The predicted octanol–water partition coefficient (Wildman–Crippen LogP) is 1.30. The van der Waals surface area contributed by atoms with Crippen molar-refractivity contribution in [3.05, 3.63) is 16.6 Å². The van der Waals surface area contributed by atoms with Crippen molar-refractivity contribution in [2.75, 3.05) is 19.8 Å². The molecule has 0 radical (unpaired) electrons. The third kappa shape index (κ3) is 3.00. The number of hydrogen-bond donors (Lipinski definition) is 1. The van der Waals surface area contributed by atoms with E-state index >= 15 is 0 Å². The Hall–Kier alpha value is -0.940. The second-order valence-corrected chi connectivity index (χ2v) is 4.36. The van der Waals surface area contributed by atoms with Crippen molar-refractivity contribution in [1.82, 2.24) is 10.3 Å². The van der Waals surface area contributed by atoms with Gasteiger partial charge in [0.15, 0.2) is 0 Å². The zero-order chi connectivity index (χ0) is 10.5. The Labute approximate surface area is 92.7 Å². The fraction of sp³-hybridized carbons (Fsp3) is 0.600. The SMILES string of the molecule is O=C(NCC1CCOCC1)c1cscn1. The van der Waals surface area contributed by atoms with Gasteiger partial charge in [-0.05, 0) is 18.8 Å². The molecule has 82 valence electrons. The standard InChI is InChI=1S/C10H14N2O2S/c13-10(9-6-15-7-12-9)11-5-8-1-3-14-4-2-8/h6-8H,1-5H2,(H,11,13). The molecule has 2 heterocycles. The summed E-state index contributed by atoms with van der Waals surface area (Å²) < 4.78 is 5.26. The van der Waals surface area contributed by atoms with E-state index in [-0.39, 0.29) is 5.91 Å². The molecule has 0 saturated carbocycles. The maximum Gasteiger partial charge on any atom is 0.270 e. The van der Waals surface area contributed by atoms with Gasteiger partial charge >= 0.3 is 0 Å².